The van der Waals surface area contributed by atoms with Crippen LogP contribution >= 0.6 is 12.4 Å². The fraction of sp³-hybridized carbons (Fsp3) is 0.846. The van der Waals surface area contributed by atoms with Gasteiger partial charge in [-0.3, -0.25) is 4.90 Å². The summed E-state index contributed by atoms with van der Waals surface area (Å²) in [6, 6.07) is 0. The van der Waals surface area contributed by atoms with E-state index in [0.29, 0.717) is 37.6 Å². The molecule has 9 heteroatoms. The van der Waals surface area contributed by atoms with Gasteiger partial charge in [0.2, 0.25) is 5.89 Å². The van der Waals surface area contributed by atoms with Gasteiger partial charge in [0.1, 0.15) is 0 Å². The van der Waals surface area contributed by atoms with Crippen molar-refractivity contribution in [1.82, 2.24) is 15.0 Å². The summed E-state index contributed by atoms with van der Waals surface area (Å²) < 4.78 is 42.3. The van der Waals surface area contributed by atoms with Crippen LogP contribution in [0.1, 0.15) is 49.7 Å². The van der Waals surface area contributed by atoms with Gasteiger partial charge in [-0.1, -0.05) is 5.16 Å². The summed E-state index contributed by atoms with van der Waals surface area (Å²) in [4.78, 5) is 5.80. The second-order valence-corrected chi connectivity index (χ2v) is 6.13. The first-order chi connectivity index (χ1) is 9.86. The highest BCUT2D eigenvalue weighted by molar-refractivity contribution is 5.85. The summed E-state index contributed by atoms with van der Waals surface area (Å²) in [6.07, 6.45) is -0.145. The zero-order valence-electron chi connectivity index (χ0n) is 12.1. The lowest BCUT2D eigenvalue weighted by atomic mass is 9.77. The quantitative estimate of drug-likeness (QED) is 0.916. The molecule has 0 unspecified atom stereocenters. The van der Waals surface area contributed by atoms with E-state index in [-0.39, 0.29) is 18.3 Å². The van der Waals surface area contributed by atoms with Crippen molar-refractivity contribution in [2.75, 3.05) is 19.6 Å². The van der Waals surface area contributed by atoms with E-state index in [4.69, 9.17) is 10.3 Å². The van der Waals surface area contributed by atoms with Crippen molar-refractivity contribution >= 4 is 12.4 Å². The molecule has 1 aromatic heterocycles. The van der Waals surface area contributed by atoms with E-state index in [9.17, 15) is 13.2 Å². The molecule has 0 atom stereocenters. The van der Waals surface area contributed by atoms with Crippen molar-refractivity contribution in [2.24, 2.45) is 5.73 Å². The number of aromatic nitrogens is 2. The number of nitrogens with two attached hydrogens (primary N) is 1. The van der Waals surface area contributed by atoms with Crippen molar-refractivity contribution in [3.63, 3.8) is 0 Å². The molecule has 0 amide bonds. The third kappa shape index (κ3) is 3.72. The van der Waals surface area contributed by atoms with Gasteiger partial charge >= 0.3 is 6.18 Å². The monoisotopic (exact) mass is 340 g/mol. The summed E-state index contributed by atoms with van der Waals surface area (Å²) in [5, 5.41) is 3.96. The number of likely N-dealkylation sites (tertiary alicyclic amines) is 1. The predicted octanol–water partition coefficient (Wildman–Crippen LogP) is 2.57. The maximum atomic E-state index is 12.3. The molecule has 3 rings (SSSR count). The van der Waals surface area contributed by atoms with Gasteiger partial charge in [-0.2, -0.15) is 18.2 Å². The number of alkyl halides is 3. The smallest absolute Gasteiger partial charge is 0.339 e. The highest BCUT2D eigenvalue weighted by Crippen LogP contribution is 2.38. The van der Waals surface area contributed by atoms with E-state index in [2.05, 4.69) is 10.1 Å². The number of nitrogens with zero attached hydrogens (tertiary/aromatic N) is 3. The van der Waals surface area contributed by atoms with Gasteiger partial charge in [-0.15, -0.1) is 12.4 Å². The summed E-state index contributed by atoms with van der Waals surface area (Å²) in [6.45, 7) is -0.0496. The Balaban J connectivity index is 0.00000176. The van der Waals surface area contributed by atoms with Crippen LogP contribution in [-0.2, 0) is 5.54 Å². The molecule has 2 fully saturated rings. The van der Waals surface area contributed by atoms with Crippen LogP contribution in [0, 0.1) is 0 Å². The molecule has 22 heavy (non-hydrogen) atoms. The molecule has 0 bridgehead atoms. The Morgan fingerprint density at radius 1 is 1.27 bits per heavy atom. The Kier molecular flexibility index (Phi) is 5.03. The van der Waals surface area contributed by atoms with Gasteiger partial charge in [-0.25, -0.2) is 0 Å². The van der Waals surface area contributed by atoms with Crippen LogP contribution in [0.25, 0.3) is 0 Å². The number of rotatable bonds is 3. The van der Waals surface area contributed by atoms with Crippen LogP contribution in [0.3, 0.4) is 0 Å². The average Bonchev–Trinajstić information content (AvgIpc) is 2.85. The Morgan fingerprint density at radius 2 is 1.91 bits per heavy atom. The molecular weight excluding hydrogens is 321 g/mol. The van der Waals surface area contributed by atoms with Crippen molar-refractivity contribution < 1.29 is 17.7 Å². The third-order valence-corrected chi connectivity index (χ3v) is 4.47. The molecule has 1 aliphatic carbocycles. The summed E-state index contributed by atoms with van der Waals surface area (Å²) >= 11 is 0. The van der Waals surface area contributed by atoms with E-state index in [0.717, 1.165) is 19.3 Å². The maximum Gasteiger partial charge on any atom is 0.401 e. The number of hydrogen-bond donors (Lipinski definition) is 1. The van der Waals surface area contributed by atoms with Gasteiger partial charge in [-0.05, 0) is 45.2 Å². The van der Waals surface area contributed by atoms with Crippen molar-refractivity contribution in [3.8, 4) is 0 Å². The molecule has 1 aliphatic heterocycles. The Bertz CT molecular complexity index is 496. The molecule has 0 aromatic carbocycles. The van der Waals surface area contributed by atoms with Crippen molar-refractivity contribution in [2.45, 2.75) is 49.7 Å². The number of hydrogen-bond acceptors (Lipinski definition) is 5. The molecule has 2 N–H and O–H groups in total. The van der Waals surface area contributed by atoms with Crippen LogP contribution < -0.4 is 5.73 Å². The average molecular weight is 341 g/mol. The topological polar surface area (TPSA) is 68.2 Å². The molecule has 0 spiro atoms. The number of piperidine rings is 1. The lowest BCUT2D eigenvalue weighted by Crippen LogP contribution is -2.44. The standard InChI is InChI=1S/C13H19F3N4O.ClH/c14-13(15,16)8-20-6-2-9(3-7-20)10-18-11(19-21-10)12(17)4-1-5-12;/h9H,1-8,17H2;1H. The highest BCUT2D eigenvalue weighted by atomic mass is 35.5. The van der Waals surface area contributed by atoms with Crippen LogP contribution in [0.2, 0.25) is 0 Å². The van der Waals surface area contributed by atoms with Gasteiger partial charge in [0.25, 0.3) is 0 Å². The largest absolute Gasteiger partial charge is 0.401 e. The van der Waals surface area contributed by atoms with E-state index in [1.807, 2.05) is 0 Å². The Morgan fingerprint density at radius 3 is 2.41 bits per heavy atom. The zero-order chi connectivity index (χ0) is 15.1. The lowest BCUT2D eigenvalue weighted by Gasteiger charge is -2.34. The minimum Gasteiger partial charge on any atom is -0.339 e. The van der Waals surface area contributed by atoms with Gasteiger partial charge in [0.05, 0.1) is 12.1 Å². The Labute approximate surface area is 132 Å². The summed E-state index contributed by atoms with van der Waals surface area (Å²) in [7, 11) is 0. The molecule has 5 nitrogen and oxygen atoms in total. The van der Waals surface area contributed by atoms with Crippen LogP contribution in [-0.4, -0.2) is 40.9 Å². The Hall–Kier alpha value is -0.860. The van der Waals surface area contributed by atoms with E-state index in [1.165, 1.54) is 4.90 Å². The molecule has 0 radical (unpaired) electrons. The second-order valence-electron chi connectivity index (χ2n) is 6.13. The normalized spacial score (nSPS) is 22.9. The van der Waals surface area contributed by atoms with Crippen LogP contribution in [0.5, 0.6) is 0 Å². The van der Waals surface area contributed by atoms with Gasteiger partial charge < -0.3 is 10.3 Å². The predicted molar refractivity (Wildman–Crippen MR) is 75.7 cm³/mol. The van der Waals surface area contributed by atoms with Gasteiger partial charge in [0.15, 0.2) is 5.82 Å². The van der Waals surface area contributed by atoms with Gasteiger partial charge in [0, 0.05) is 5.92 Å². The fourth-order valence-corrected chi connectivity index (χ4v) is 2.98. The molecule has 1 aromatic rings. The fourth-order valence-electron chi connectivity index (χ4n) is 2.98. The molecule has 2 aliphatic rings. The van der Waals surface area contributed by atoms with E-state index >= 15 is 0 Å². The summed E-state index contributed by atoms with van der Waals surface area (Å²) in [5.41, 5.74) is 5.68. The first kappa shape index (κ1) is 17.5. The second kappa shape index (κ2) is 6.33. The zero-order valence-corrected chi connectivity index (χ0v) is 12.9. The third-order valence-electron chi connectivity index (χ3n) is 4.47. The van der Waals surface area contributed by atoms with Crippen LogP contribution in [0.15, 0.2) is 4.52 Å². The molecular formula is C13H20ClF3N4O. The van der Waals surface area contributed by atoms with Crippen molar-refractivity contribution in [1.29, 1.82) is 0 Å². The molecule has 1 saturated heterocycles. The molecule has 1 saturated carbocycles. The highest BCUT2D eigenvalue weighted by Gasteiger charge is 2.40. The SMILES string of the molecule is Cl.NC1(c2noc(C3CCN(CC(F)(F)F)CC3)n2)CCC1. The maximum absolute atomic E-state index is 12.3. The minimum absolute atomic E-state index is 0. The van der Waals surface area contributed by atoms with E-state index < -0.39 is 18.3 Å². The minimum atomic E-state index is -4.14. The lowest BCUT2D eigenvalue weighted by molar-refractivity contribution is -0.148. The number of halogens is 4. The van der Waals surface area contributed by atoms with Crippen molar-refractivity contribution in [3.05, 3.63) is 11.7 Å². The summed E-state index contributed by atoms with van der Waals surface area (Å²) in [5.74, 6) is 1.11. The first-order valence-electron chi connectivity index (χ1n) is 7.28. The molecule has 2 heterocycles. The molecule has 126 valence electrons. The van der Waals surface area contributed by atoms with E-state index in [1.54, 1.807) is 0 Å². The van der Waals surface area contributed by atoms with Crippen LogP contribution in [0.4, 0.5) is 13.2 Å². The first-order valence-corrected chi connectivity index (χ1v) is 7.28.